The largest absolute Gasteiger partial charge is 0.378 e. The van der Waals surface area contributed by atoms with E-state index in [1.807, 2.05) is 6.92 Å². The minimum atomic E-state index is -2.76. The molecule has 1 saturated heterocycles. The maximum atomic E-state index is 13.4. The average Bonchev–Trinajstić information content (AvgIpc) is 2.97. The number of halogens is 2. The number of hydrogen-bond acceptors (Lipinski definition) is 4. The van der Waals surface area contributed by atoms with Crippen LogP contribution in [0.4, 0.5) is 8.78 Å². The van der Waals surface area contributed by atoms with Crippen LogP contribution in [0.15, 0.2) is 10.9 Å². The van der Waals surface area contributed by atoms with E-state index in [2.05, 4.69) is 5.10 Å². The molecule has 0 atom stereocenters. The summed E-state index contributed by atoms with van der Waals surface area (Å²) in [6, 6.07) is 0.959. The van der Waals surface area contributed by atoms with Crippen molar-refractivity contribution in [2.24, 2.45) is 0 Å². The fourth-order valence-electron chi connectivity index (χ4n) is 3.32. The van der Waals surface area contributed by atoms with Crippen LogP contribution in [0.2, 0.25) is 0 Å². The quantitative estimate of drug-likeness (QED) is 0.806. The Labute approximate surface area is 149 Å². The van der Waals surface area contributed by atoms with Crippen molar-refractivity contribution in [2.45, 2.75) is 39.8 Å². The van der Waals surface area contributed by atoms with Gasteiger partial charge < -0.3 is 9.64 Å². The smallest absolute Gasteiger partial charge is 0.264 e. The molecule has 0 aliphatic carbocycles. The second-order valence-corrected chi connectivity index (χ2v) is 6.23. The number of amides is 1. The lowest BCUT2D eigenvalue weighted by Crippen LogP contribution is -2.41. The zero-order valence-electron chi connectivity index (χ0n) is 14.9. The maximum absolute atomic E-state index is 13.4. The molecule has 9 heteroatoms. The summed E-state index contributed by atoms with van der Waals surface area (Å²) >= 11 is 0. The van der Waals surface area contributed by atoms with Crippen molar-refractivity contribution in [1.82, 2.24) is 19.2 Å². The Hall–Kier alpha value is -2.29. The van der Waals surface area contributed by atoms with Crippen LogP contribution in [0.1, 0.15) is 31.0 Å². The lowest BCUT2D eigenvalue weighted by Gasteiger charge is -2.27. The van der Waals surface area contributed by atoms with Crippen LogP contribution in [0.25, 0.3) is 11.0 Å². The topological polar surface area (TPSA) is 69.4 Å². The number of morpholine rings is 1. The van der Waals surface area contributed by atoms with E-state index < -0.39 is 12.0 Å². The molecule has 2 aromatic rings. The third kappa shape index (κ3) is 3.35. The van der Waals surface area contributed by atoms with Crippen LogP contribution in [-0.4, -0.2) is 51.5 Å². The number of aromatic nitrogens is 3. The van der Waals surface area contributed by atoms with E-state index in [4.69, 9.17) is 4.74 Å². The first-order valence-electron chi connectivity index (χ1n) is 8.68. The monoisotopic (exact) mass is 368 g/mol. The van der Waals surface area contributed by atoms with E-state index >= 15 is 0 Å². The van der Waals surface area contributed by atoms with Gasteiger partial charge in [-0.2, -0.15) is 5.10 Å². The maximum Gasteiger partial charge on any atom is 0.264 e. The molecule has 142 valence electrons. The van der Waals surface area contributed by atoms with Crippen molar-refractivity contribution >= 4 is 16.9 Å². The third-order valence-corrected chi connectivity index (χ3v) is 4.73. The van der Waals surface area contributed by atoms with E-state index in [0.29, 0.717) is 43.9 Å². The van der Waals surface area contributed by atoms with Gasteiger partial charge in [0.15, 0.2) is 5.65 Å². The van der Waals surface area contributed by atoms with Gasteiger partial charge in [-0.1, -0.05) is 0 Å². The number of carbonyl (C=O) groups excluding carboxylic acids is 1. The summed E-state index contributed by atoms with van der Waals surface area (Å²) in [6.45, 7) is 6.22. The number of aryl methyl sites for hydroxylation is 3. The molecule has 26 heavy (non-hydrogen) atoms. The predicted molar refractivity (Wildman–Crippen MR) is 91.4 cm³/mol. The van der Waals surface area contributed by atoms with Gasteiger partial charge >= 0.3 is 0 Å². The van der Waals surface area contributed by atoms with E-state index in [0.717, 1.165) is 6.07 Å². The highest BCUT2D eigenvalue weighted by Gasteiger charge is 2.23. The average molecular weight is 368 g/mol. The number of pyridine rings is 1. The summed E-state index contributed by atoms with van der Waals surface area (Å²) < 4.78 is 34.9. The van der Waals surface area contributed by atoms with Crippen LogP contribution in [0.3, 0.4) is 0 Å². The second-order valence-electron chi connectivity index (χ2n) is 6.23. The number of ether oxygens (including phenoxy) is 1. The van der Waals surface area contributed by atoms with Crippen LogP contribution in [0, 0.1) is 6.92 Å². The van der Waals surface area contributed by atoms with Crippen molar-refractivity contribution in [3.8, 4) is 0 Å². The van der Waals surface area contributed by atoms with Crippen LogP contribution < -0.4 is 5.56 Å². The minimum Gasteiger partial charge on any atom is -0.378 e. The van der Waals surface area contributed by atoms with E-state index in [1.165, 1.54) is 4.57 Å². The highest BCUT2D eigenvalue weighted by atomic mass is 19.3. The summed E-state index contributed by atoms with van der Waals surface area (Å²) in [5.41, 5.74) is -0.0748. The minimum absolute atomic E-state index is 0.0852. The lowest BCUT2D eigenvalue weighted by atomic mass is 10.1. The van der Waals surface area contributed by atoms with Gasteiger partial charge in [-0.05, 0) is 13.8 Å². The Balaban J connectivity index is 1.95. The van der Waals surface area contributed by atoms with Gasteiger partial charge in [0.25, 0.3) is 12.0 Å². The lowest BCUT2D eigenvalue weighted by molar-refractivity contribution is -0.135. The zero-order chi connectivity index (χ0) is 18.8. The molecule has 0 saturated carbocycles. The normalized spacial score (nSPS) is 15.2. The Kier molecular flexibility index (Phi) is 5.36. The Morgan fingerprint density at radius 2 is 2.04 bits per heavy atom. The summed E-state index contributed by atoms with van der Waals surface area (Å²) in [5.74, 6) is -0.0852. The van der Waals surface area contributed by atoms with Crippen LogP contribution >= 0.6 is 0 Å². The molecular weight excluding hydrogens is 346 g/mol. The van der Waals surface area contributed by atoms with Crippen molar-refractivity contribution < 1.29 is 18.3 Å². The standard InChI is InChI=1S/C17H22F2N4O3/c1-3-23-11(2)15-12(16(18)19)10-14(25)22(17(15)20-23)5-4-13(24)21-6-8-26-9-7-21/h10,16H,3-9H2,1-2H3. The van der Waals surface area contributed by atoms with E-state index in [-0.39, 0.29) is 30.1 Å². The van der Waals surface area contributed by atoms with Crippen molar-refractivity contribution in [3.63, 3.8) is 0 Å². The fraction of sp³-hybridized carbons (Fsp3) is 0.588. The number of rotatable bonds is 5. The fourth-order valence-corrected chi connectivity index (χ4v) is 3.32. The third-order valence-electron chi connectivity index (χ3n) is 4.73. The number of hydrogen-bond donors (Lipinski definition) is 0. The van der Waals surface area contributed by atoms with Gasteiger partial charge in [0, 0.05) is 55.3 Å². The van der Waals surface area contributed by atoms with Crippen LogP contribution in [0.5, 0.6) is 0 Å². The van der Waals surface area contributed by atoms with E-state index in [9.17, 15) is 18.4 Å². The van der Waals surface area contributed by atoms with E-state index in [1.54, 1.807) is 16.5 Å². The van der Waals surface area contributed by atoms with Gasteiger partial charge in [-0.15, -0.1) is 0 Å². The second kappa shape index (κ2) is 7.53. The van der Waals surface area contributed by atoms with Gasteiger partial charge in [0.2, 0.25) is 5.91 Å². The molecule has 0 spiro atoms. The molecule has 3 heterocycles. The van der Waals surface area contributed by atoms with Crippen LogP contribution in [-0.2, 0) is 22.6 Å². The SMILES string of the molecule is CCn1nc2c(c(C(F)F)cc(=O)n2CCC(=O)N2CCOCC2)c1C. The molecule has 0 unspecified atom stereocenters. The molecule has 2 aromatic heterocycles. The number of carbonyl (C=O) groups is 1. The molecule has 1 aliphatic heterocycles. The summed E-state index contributed by atoms with van der Waals surface area (Å²) in [4.78, 5) is 26.4. The Morgan fingerprint density at radius 3 is 2.65 bits per heavy atom. The Bertz CT molecular complexity index is 869. The van der Waals surface area contributed by atoms with Gasteiger partial charge in [0.05, 0.1) is 13.2 Å². The highest BCUT2D eigenvalue weighted by Crippen LogP contribution is 2.28. The first-order valence-corrected chi connectivity index (χ1v) is 8.68. The summed E-state index contributed by atoms with van der Waals surface area (Å²) in [6.07, 6.45) is -2.65. The molecule has 7 nitrogen and oxygen atoms in total. The molecule has 1 amide bonds. The summed E-state index contributed by atoms with van der Waals surface area (Å²) in [7, 11) is 0. The molecular formula is C17H22F2N4O3. The summed E-state index contributed by atoms with van der Waals surface area (Å²) in [5, 5.41) is 4.62. The molecule has 0 radical (unpaired) electrons. The molecule has 3 rings (SSSR count). The highest BCUT2D eigenvalue weighted by molar-refractivity contribution is 5.83. The molecule has 0 aromatic carbocycles. The van der Waals surface area contributed by atoms with Crippen molar-refractivity contribution in [1.29, 1.82) is 0 Å². The molecule has 0 bridgehead atoms. The van der Waals surface area contributed by atoms with Gasteiger partial charge in [0.1, 0.15) is 0 Å². The predicted octanol–water partition coefficient (Wildman–Crippen LogP) is 1.71. The molecule has 0 N–H and O–H groups in total. The number of alkyl halides is 2. The zero-order valence-corrected chi connectivity index (χ0v) is 14.9. The molecule has 1 fully saturated rings. The molecule has 1 aliphatic rings. The van der Waals surface area contributed by atoms with Crippen molar-refractivity contribution in [3.05, 3.63) is 27.7 Å². The Morgan fingerprint density at radius 1 is 1.35 bits per heavy atom. The van der Waals surface area contributed by atoms with Gasteiger partial charge in [-0.3, -0.25) is 18.8 Å². The number of nitrogens with zero attached hydrogens (tertiary/aromatic N) is 4. The van der Waals surface area contributed by atoms with Gasteiger partial charge in [-0.25, -0.2) is 8.78 Å². The number of fused-ring (bicyclic) bond motifs is 1. The first-order chi connectivity index (χ1) is 12.4. The van der Waals surface area contributed by atoms with Crippen molar-refractivity contribution in [2.75, 3.05) is 26.3 Å². The first kappa shape index (κ1) is 18.5.